The van der Waals surface area contributed by atoms with Gasteiger partial charge < -0.3 is 0 Å². The summed E-state index contributed by atoms with van der Waals surface area (Å²) in [5.41, 5.74) is 1.02. The van der Waals surface area contributed by atoms with Gasteiger partial charge in [-0.05, 0) is 6.92 Å². The lowest BCUT2D eigenvalue weighted by Gasteiger charge is -1.86. The Morgan fingerprint density at radius 2 is 0.655 bits per heavy atom. The van der Waals surface area contributed by atoms with Crippen LogP contribution in [-0.4, -0.2) is 0 Å². The Hall–Kier alpha value is -2.08. The van der Waals surface area contributed by atoms with Crippen molar-refractivity contribution in [2.24, 2.45) is 0 Å². The predicted molar refractivity (Wildman–Crippen MR) is 138 cm³/mol. The van der Waals surface area contributed by atoms with E-state index in [0.29, 0.717) is 0 Å². The highest BCUT2D eigenvalue weighted by Crippen LogP contribution is 1.96. The van der Waals surface area contributed by atoms with E-state index in [-0.39, 0.29) is 0 Å². The maximum atomic E-state index is 3.56. The van der Waals surface area contributed by atoms with Crippen LogP contribution in [0.1, 0.15) is 86.0 Å². The van der Waals surface area contributed by atoms with E-state index in [1.54, 1.807) is 6.08 Å². The Labute approximate surface area is 183 Å². The standard InChI is InChI=1S/2C6H6.2C6H14.C5H8/c2*1-2-4-6-5-3-1;2*1-3-5-6-4-2;1-4-5(2)3/h2*1-6H;2*3-6H2,1-2H3;4H,1-2H2,3H3. The molecule has 0 amide bonds. The summed E-state index contributed by atoms with van der Waals surface area (Å²) in [4.78, 5) is 0. The van der Waals surface area contributed by atoms with Crippen LogP contribution in [0.15, 0.2) is 97.6 Å². The molecule has 0 saturated carbocycles. The molecule has 0 heterocycles. The fraction of sp³-hybridized carbons (Fsp3) is 0.448. The maximum Gasteiger partial charge on any atom is -0.0404 e. The molecule has 2 aromatic rings. The predicted octanol–water partition coefficient (Wildman–Crippen LogP) is 10.3. The number of hydrogen-bond acceptors (Lipinski definition) is 0. The summed E-state index contributed by atoms with van der Waals surface area (Å²) in [6, 6.07) is 24.0. The zero-order valence-corrected chi connectivity index (χ0v) is 20.1. The van der Waals surface area contributed by atoms with Crippen molar-refractivity contribution in [2.45, 2.75) is 86.0 Å². The SMILES string of the molecule is C=CC(=C)C.CCCCCC.CCCCCC.c1ccccc1.c1ccccc1. The highest BCUT2D eigenvalue weighted by molar-refractivity contribution is 5.06. The van der Waals surface area contributed by atoms with Gasteiger partial charge in [0.2, 0.25) is 0 Å². The van der Waals surface area contributed by atoms with Gasteiger partial charge in [-0.3, -0.25) is 0 Å². The Morgan fingerprint density at radius 1 is 0.517 bits per heavy atom. The molecule has 0 spiro atoms. The molecule has 0 heteroatoms. The molecule has 0 nitrogen and oxygen atoms in total. The fourth-order valence-corrected chi connectivity index (χ4v) is 1.77. The number of allylic oxidation sites excluding steroid dienone is 2. The number of hydrogen-bond donors (Lipinski definition) is 0. The average Bonchev–Trinajstić information content (AvgIpc) is 2.80. The fourth-order valence-electron chi connectivity index (χ4n) is 1.77. The van der Waals surface area contributed by atoms with E-state index < -0.39 is 0 Å². The van der Waals surface area contributed by atoms with Crippen molar-refractivity contribution in [1.29, 1.82) is 0 Å². The van der Waals surface area contributed by atoms with Crippen LogP contribution in [0, 0.1) is 0 Å². The molecular formula is C29H48. The lowest BCUT2D eigenvalue weighted by atomic mass is 10.2. The molecule has 0 saturated heterocycles. The molecule has 0 fully saturated rings. The number of unbranched alkanes of at least 4 members (excludes halogenated alkanes) is 6. The maximum absolute atomic E-state index is 3.56. The molecule has 164 valence electrons. The summed E-state index contributed by atoms with van der Waals surface area (Å²) in [6.45, 7) is 17.9. The summed E-state index contributed by atoms with van der Waals surface area (Å²) in [5.74, 6) is 0. The normalized spacial score (nSPS) is 8.17. The molecular weight excluding hydrogens is 348 g/mol. The third-order valence-electron chi connectivity index (χ3n) is 3.60. The van der Waals surface area contributed by atoms with Gasteiger partial charge in [0.15, 0.2) is 0 Å². The Bertz CT molecular complexity index is 383. The second-order valence-electron chi connectivity index (χ2n) is 6.77. The molecule has 2 aromatic carbocycles. The number of rotatable bonds is 7. The van der Waals surface area contributed by atoms with E-state index >= 15 is 0 Å². The van der Waals surface area contributed by atoms with Crippen LogP contribution in [-0.2, 0) is 0 Å². The van der Waals surface area contributed by atoms with Crippen LogP contribution in [0.2, 0.25) is 0 Å². The molecule has 29 heavy (non-hydrogen) atoms. The Kier molecular flexibility index (Phi) is 36.5. The number of benzene rings is 2. The monoisotopic (exact) mass is 396 g/mol. The average molecular weight is 397 g/mol. The molecule has 0 unspecified atom stereocenters. The first kappa shape index (κ1) is 31.6. The van der Waals surface area contributed by atoms with E-state index in [1.165, 1.54) is 51.4 Å². The van der Waals surface area contributed by atoms with Crippen LogP contribution < -0.4 is 0 Å². The Balaban J connectivity index is -0.000000292. The minimum Gasteiger partial charge on any atom is -0.0988 e. The third kappa shape index (κ3) is 46.2. The van der Waals surface area contributed by atoms with Crippen LogP contribution in [0.5, 0.6) is 0 Å². The second-order valence-corrected chi connectivity index (χ2v) is 6.77. The second kappa shape index (κ2) is 33.5. The lowest BCUT2D eigenvalue weighted by Crippen LogP contribution is -1.66. The van der Waals surface area contributed by atoms with Gasteiger partial charge in [-0.15, -0.1) is 0 Å². The highest BCUT2D eigenvalue weighted by Gasteiger charge is 1.76. The molecule has 0 bridgehead atoms. The third-order valence-corrected chi connectivity index (χ3v) is 3.60. The van der Waals surface area contributed by atoms with Crippen molar-refractivity contribution >= 4 is 0 Å². The van der Waals surface area contributed by atoms with Crippen molar-refractivity contribution in [3.8, 4) is 0 Å². The summed E-state index contributed by atoms with van der Waals surface area (Å²) in [6.07, 6.45) is 12.8. The molecule has 0 aromatic heterocycles. The van der Waals surface area contributed by atoms with E-state index in [4.69, 9.17) is 0 Å². The van der Waals surface area contributed by atoms with Gasteiger partial charge in [0.05, 0.1) is 0 Å². The van der Waals surface area contributed by atoms with Gasteiger partial charge in [-0.2, -0.15) is 0 Å². The molecule has 0 aliphatic carbocycles. The molecule has 0 radical (unpaired) electrons. The van der Waals surface area contributed by atoms with E-state index in [0.717, 1.165) is 5.57 Å². The summed E-state index contributed by atoms with van der Waals surface area (Å²) in [7, 11) is 0. The minimum absolute atomic E-state index is 1.02. The molecule has 0 atom stereocenters. The van der Waals surface area contributed by atoms with Gasteiger partial charge in [0, 0.05) is 0 Å². The zero-order chi connectivity index (χ0) is 22.4. The van der Waals surface area contributed by atoms with Crippen LogP contribution in [0.4, 0.5) is 0 Å². The van der Waals surface area contributed by atoms with E-state index in [2.05, 4.69) is 40.9 Å². The molecule has 0 N–H and O–H groups in total. The summed E-state index contributed by atoms with van der Waals surface area (Å²) < 4.78 is 0. The van der Waals surface area contributed by atoms with Gasteiger partial charge in [0.1, 0.15) is 0 Å². The van der Waals surface area contributed by atoms with Gasteiger partial charge in [-0.1, -0.05) is 177 Å². The quantitative estimate of drug-likeness (QED) is 0.322. The van der Waals surface area contributed by atoms with Crippen molar-refractivity contribution in [1.82, 2.24) is 0 Å². The Morgan fingerprint density at radius 3 is 0.724 bits per heavy atom. The largest absolute Gasteiger partial charge is 0.0988 e. The first-order valence-electron chi connectivity index (χ1n) is 11.4. The van der Waals surface area contributed by atoms with Crippen molar-refractivity contribution in [2.75, 3.05) is 0 Å². The van der Waals surface area contributed by atoms with Gasteiger partial charge >= 0.3 is 0 Å². The first-order chi connectivity index (χ1) is 14.1. The van der Waals surface area contributed by atoms with Crippen LogP contribution >= 0.6 is 0 Å². The summed E-state index contributed by atoms with van der Waals surface area (Å²) >= 11 is 0. The van der Waals surface area contributed by atoms with Crippen molar-refractivity contribution in [3.05, 3.63) is 97.6 Å². The van der Waals surface area contributed by atoms with Crippen LogP contribution in [0.25, 0.3) is 0 Å². The molecule has 0 aliphatic heterocycles. The molecule has 2 rings (SSSR count). The minimum atomic E-state index is 1.02. The highest BCUT2D eigenvalue weighted by atomic mass is 13.8. The van der Waals surface area contributed by atoms with Gasteiger partial charge in [-0.25, -0.2) is 0 Å². The zero-order valence-electron chi connectivity index (χ0n) is 20.1. The molecule has 0 aliphatic rings. The van der Waals surface area contributed by atoms with Crippen molar-refractivity contribution < 1.29 is 0 Å². The van der Waals surface area contributed by atoms with Gasteiger partial charge in [0.25, 0.3) is 0 Å². The van der Waals surface area contributed by atoms with Crippen LogP contribution in [0.3, 0.4) is 0 Å². The summed E-state index contributed by atoms with van der Waals surface area (Å²) in [5, 5.41) is 0. The van der Waals surface area contributed by atoms with Crippen molar-refractivity contribution in [3.63, 3.8) is 0 Å². The topological polar surface area (TPSA) is 0 Å². The smallest absolute Gasteiger partial charge is 0.0404 e. The van der Waals surface area contributed by atoms with E-state index in [1.807, 2.05) is 79.7 Å². The first-order valence-corrected chi connectivity index (χ1v) is 11.4. The van der Waals surface area contributed by atoms with E-state index in [9.17, 15) is 0 Å². The lowest BCUT2D eigenvalue weighted by molar-refractivity contribution is 0.702.